The number of nitrogens with zero attached hydrogens (tertiary/aromatic N) is 4. The van der Waals surface area contributed by atoms with Crippen LogP contribution in [-0.2, 0) is 11.3 Å². The first-order chi connectivity index (χ1) is 14.3. The lowest BCUT2D eigenvalue weighted by molar-refractivity contribution is 0.0646. The number of ether oxygens (including phenoxy) is 1. The third-order valence-electron chi connectivity index (χ3n) is 4.55. The van der Waals surface area contributed by atoms with E-state index in [0.29, 0.717) is 13.2 Å². The highest BCUT2D eigenvalue weighted by atomic mass is 127. The minimum absolute atomic E-state index is 0. The van der Waals surface area contributed by atoms with Crippen molar-refractivity contribution in [2.45, 2.75) is 26.0 Å². The molecule has 0 saturated heterocycles. The van der Waals surface area contributed by atoms with Crippen LogP contribution >= 0.6 is 24.0 Å². The molecule has 1 heterocycles. The Morgan fingerprint density at radius 1 is 1.10 bits per heavy atom. The van der Waals surface area contributed by atoms with Crippen molar-refractivity contribution in [3.8, 4) is 5.69 Å². The van der Waals surface area contributed by atoms with Crippen LogP contribution in [0.3, 0.4) is 0 Å². The van der Waals surface area contributed by atoms with E-state index in [1.165, 1.54) is 11.9 Å². The molecule has 0 aliphatic heterocycles. The summed E-state index contributed by atoms with van der Waals surface area (Å²) >= 11 is 0. The summed E-state index contributed by atoms with van der Waals surface area (Å²) in [7, 11) is 1.77. The van der Waals surface area contributed by atoms with Crippen LogP contribution in [0, 0.1) is 0 Å². The lowest BCUT2D eigenvalue weighted by Crippen LogP contribution is -2.37. The second-order valence-electron chi connectivity index (χ2n) is 6.64. The second-order valence-corrected chi connectivity index (χ2v) is 6.64. The normalized spacial score (nSPS) is 12.1. The molecule has 8 heteroatoms. The maximum absolute atomic E-state index is 5.90. The summed E-state index contributed by atoms with van der Waals surface area (Å²) in [6.45, 7) is 4.27. The van der Waals surface area contributed by atoms with Gasteiger partial charge in [-0.05, 0) is 36.6 Å². The van der Waals surface area contributed by atoms with E-state index in [2.05, 4.69) is 56.9 Å². The van der Waals surface area contributed by atoms with Crippen LogP contribution < -0.4 is 10.6 Å². The van der Waals surface area contributed by atoms with Crippen LogP contribution in [0.25, 0.3) is 5.69 Å². The standard InChI is InChI=1S/C22H28N6O.HI/c1-18(20-7-4-3-5-8-20)29-14-6-13-25-22(23-2)26-15-19-9-11-21(12-10-19)28-17-24-16-27-28;/h3-5,7-12,16-18H,6,13-15H2,1-2H3,(H2,23,25,26);1H. The Morgan fingerprint density at radius 3 is 2.53 bits per heavy atom. The van der Waals surface area contributed by atoms with Gasteiger partial charge in [-0.15, -0.1) is 24.0 Å². The first kappa shape index (κ1) is 23.8. The molecule has 7 nitrogen and oxygen atoms in total. The number of aliphatic imine (C=N–C) groups is 1. The van der Waals surface area contributed by atoms with Crippen molar-refractivity contribution in [1.82, 2.24) is 25.4 Å². The number of guanidine groups is 1. The minimum atomic E-state index is 0. The van der Waals surface area contributed by atoms with Gasteiger partial charge < -0.3 is 15.4 Å². The predicted octanol–water partition coefficient (Wildman–Crippen LogP) is 3.72. The highest BCUT2D eigenvalue weighted by molar-refractivity contribution is 14.0. The fourth-order valence-electron chi connectivity index (χ4n) is 2.87. The molecule has 1 unspecified atom stereocenters. The van der Waals surface area contributed by atoms with Crippen LogP contribution in [0.2, 0.25) is 0 Å². The zero-order chi connectivity index (χ0) is 20.3. The first-order valence-electron chi connectivity index (χ1n) is 9.81. The number of nitrogens with one attached hydrogen (secondary N) is 2. The van der Waals surface area contributed by atoms with E-state index in [0.717, 1.165) is 30.2 Å². The molecule has 0 spiro atoms. The molecule has 0 aliphatic rings. The van der Waals surface area contributed by atoms with Gasteiger partial charge in [0.1, 0.15) is 12.7 Å². The van der Waals surface area contributed by atoms with Crippen LogP contribution in [0.5, 0.6) is 0 Å². The SMILES string of the molecule is CN=C(NCCCOC(C)c1ccccc1)NCc1ccc(-n2cncn2)cc1.I. The molecule has 30 heavy (non-hydrogen) atoms. The highest BCUT2D eigenvalue weighted by Gasteiger charge is 2.04. The first-order valence-corrected chi connectivity index (χ1v) is 9.81. The zero-order valence-corrected chi connectivity index (χ0v) is 19.7. The number of halogens is 1. The summed E-state index contributed by atoms with van der Waals surface area (Å²) in [4.78, 5) is 8.24. The number of hydrogen-bond acceptors (Lipinski definition) is 4. The maximum atomic E-state index is 5.90. The topological polar surface area (TPSA) is 76.4 Å². The maximum Gasteiger partial charge on any atom is 0.191 e. The molecule has 0 fully saturated rings. The van der Waals surface area contributed by atoms with Crippen molar-refractivity contribution >= 4 is 29.9 Å². The van der Waals surface area contributed by atoms with Crippen molar-refractivity contribution in [1.29, 1.82) is 0 Å². The van der Waals surface area contributed by atoms with E-state index in [4.69, 9.17) is 4.74 Å². The number of rotatable bonds is 9. The van der Waals surface area contributed by atoms with E-state index < -0.39 is 0 Å². The molecular weight excluding hydrogens is 491 g/mol. The highest BCUT2D eigenvalue weighted by Crippen LogP contribution is 2.15. The van der Waals surface area contributed by atoms with Gasteiger partial charge in [0.25, 0.3) is 0 Å². The summed E-state index contributed by atoms with van der Waals surface area (Å²) in [5.74, 6) is 0.779. The van der Waals surface area contributed by atoms with Gasteiger partial charge in [0.05, 0.1) is 11.8 Å². The van der Waals surface area contributed by atoms with Crippen LogP contribution in [0.1, 0.15) is 30.6 Å². The van der Waals surface area contributed by atoms with Gasteiger partial charge in [0.2, 0.25) is 0 Å². The summed E-state index contributed by atoms with van der Waals surface area (Å²) in [5, 5.41) is 10.8. The number of aromatic nitrogens is 3. The molecule has 0 aliphatic carbocycles. The fraction of sp³-hybridized carbons (Fsp3) is 0.318. The van der Waals surface area contributed by atoms with Crippen LogP contribution in [-0.4, -0.2) is 40.9 Å². The van der Waals surface area contributed by atoms with Crippen molar-refractivity contribution in [2.75, 3.05) is 20.2 Å². The number of hydrogen-bond donors (Lipinski definition) is 2. The summed E-state index contributed by atoms with van der Waals surface area (Å²) < 4.78 is 7.64. The monoisotopic (exact) mass is 520 g/mol. The molecule has 3 aromatic rings. The van der Waals surface area contributed by atoms with E-state index in [1.807, 2.05) is 30.3 Å². The predicted molar refractivity (Wildman–Crippen MR) is 130 cm³/mol. The van der Waals surface area contributed by atoms with E-state index in [1.54, 1.807) is 18.1 Å². The van der Waals surface area contributed by atoms with Crippen LogP contribution in [0.4, 0.5) is 0 Å². The van der Waals surface area contributed by atoms with E-state index in [9.17, 15) is 0 Å². The van der Waals surface area contributed by atoms with Gasteiger partial charge in [-0.1, -0.05) is 42.5 Å². The molecular formula is C22H29IN6O. The molecule has 0 radical (unpaired) electrons. The van der Waals surface area contributed by atoms with Gasteiger partial charge >= 0.3 is 0 Å². The molecule has 2 N–H and O–H groups in total. The largest absolute Gasteiger partial charge is 0.374 e. The molecule has 0 bridgehead atoms. The van der Waals surface area contributed by atoms with E-state index in [-0.39, 0.29) is 30.1 Å². The Labute approximate surface area is 195 Å². The Kier molecular flexibility index (Phi) is 10.3. The van der Waals surface area contributed by atoms with Gasteiger partial charge in [0, 0.05) is 26.7 Å². The molecule has 0 saturated carbocycles. The fourth-order valence-corrected chi connectivity index (χ4v) is 2.87. The van der Waals surface area contributed by atoms with Crippen molar-refractivity contribution in [2.24, 2.45) is 4.99 Å². The summed E-state index contributed by atoms with van der Waals surface area (Å²) in [5.41, 5.74) is 3.35. The zero-order valence-electron chi connectivity index (χ0n) is 17.4. The average molecular weight is 520 g/mol. The lowest BCUT2D eigenvalue weighted by atomic mass is 10.1. The van der Waals surface area contributed by atoms with Crippen molar-refractivity contribution in [3.63, 3.8) is 0 Å². The summed E-state index contributed by atoms with van der Waals surface area (Å²) in [6.07, 6.45) is 4.22. The Balaban J connectivity index is 0.00000320. The van der Waals surface area contributed by atoms with Gasteiger partial charge in [0.15, 0.2) is 5.96 Å². The van der Waals surface area contributed by atoms with Crippen LogP contribution in [0.15, 0.2) is 72.2 Å². The number of benzene rings is 2. The second kappa shape index (κ2) is 13.0. The smallest absolute Gasteiger partial charge is 0.191 e. The lowest BCUT2D eigenvalue weighted by Gasteiger charge is -2.15. The Hall–Kier alpha value is -2.46. The molecule has 1 aromatic heterocycles. The summed E-state index contributed by atoms with van der Waals surface area (Å²) in [6, 6.07) is 18.4. The van der Waals surface area contributed by atoms with E-state index >= 15 is 0 Å². The third kappa shape index (κ3) is 7.42. The van der Waals surface area contributed by atoms with Gasteiger partial charge in [-0.3, -0.25) is 4.99 Å². The quantitative estimate of drug-likeness (QED) is 0.195. The molecule has 3 rings (SSSR count). The molecule has 0 amide bonds. The Bertz CT molecular complexity index is 868. The Morgan fingerprint density at radius 2 is 1.87 bits per heavy atom. The van der Waals surface area contributed by atoms with Gasteiger partial charge in [-0.25, -0.2) is 9.67 Å². The molecule has 160 valence electrons. The van der Waals surface area contributed by atoms with Crippen molar-refractivity contribution < 1.29 is 4.74 Å². The van der Waals surface area contributed by atoms with Gasteiger partial charge in [-0.2, -0.15) is 5.10 Å². The minimum Gasteiger partial charge on any atom is -0.374 e. The third-order valence-corrected chi connectivity index (χ3v) is 4.55. The molecule has 2 aromatic carbocycles. The molecule has 1 atom stereocenters. The van der Waals surface area contributed by atoms with Crippen molar-refractivity contribution in [3.05, 3.63) is 78.4 Å². The average Bonchev–Trinajstić information content (AvgIpc) is 3.31.